The Kier molecular flexibility index (Phi) is 6.09. The highest BCUT2D eigenvalue weighted by Crippen LogP contribution is 2.34. The third-order valence-electron chi connectivity index (χ3n) is 5.51. The zero-order valence-corrected chi connectivity index (χ0v) is 17.5. The van der Waals surface area contributed by atoms with Gasteiger partial charge in [-0.2, -0.15) is 0 Å². The van der Waals surface area contributed by atoms with E-state index >= 15 is 0 Å². The molecule has 152 valence electrons. The molecule has 2 N–H and O–H groups in total. The fourth-order valence-corrected chi connectivity index (χ4v) is 4.20. The van der Waals surface area contributed by atoms with E-state index < -0.39 is 12.1 Å². The molecule has 2 aromatic carbocycles. The van der Waals surface area contributed by atoms with Gasteiger partial charge in [-0.15, -0.1) is 0 Å². The topological polar surface area (TPSA) is 64.9 Å². The number of nitrogens with one attached hydrogen (secondary N) is 1. The Hall–Kier alpha value is -2.08. The number of hydrogen-bond donors (Lipinski definition) is 2. The number of aliphatic hydroxyl groups is 1. The van der Waals surface area contributed by atoms with Gasteiger partial charge in [-0.3, -0.25) is 4.79 Å². The van der Waals surface area contributed by atoms with Crippen LogP contribution in [-0.4, -0.2) is 41.4 Å². The van der Waals surface area contributed by atoms with E-state index in [1.165, 1.54) is 25.3 Å². The van der Waals surface area contributed by atoms with E-state index in [1.807, 2.05) is 24.5 Å². The summed E-state index contributed by atoms with van der Waals surface area (Å²) in [5.74, 6) is -0.303. The van der Waals surface area contributed by atoms with E-state index in [1.54, 1.807) is 12.1 Å². The second kappa shape index (κ2) is 8.74. The molecule has 29 heavy (non-hydrogen) atoms. The molecule has 5 nitrogen and oxygen atoms in total. The van der Waals surface area contributed by atoms with Gasteiger partial charge in [0.1, 0.15) is 0 Å². The largest absolute Gasteiger partial charge is 0.390 e. The standard InChI is InChI=1S/C22H23Cl2N3O2/c23-18-7-5-15(10-19(18)24)22(29)26-21-17-12-16(6-4-14(17)11-20(21)28)25-13-27-8-2-1-3-9-27/h4-7,10,12-13,20-21,28H,1-3,8-9,11H2,(H,26,29)/t20-,21-/m1/s1. The second-order valence-corrected chi connectivity index (χ2v) is 8.39. The van der Waals surface area contributed by atoms with Crippen LogP contribution in [-0.2, 0) is 6.42 Å². The minimum atomic E-state index is -0.682. The summed E-state index contributed by atoms with van der Waals surface area (Å²) in [6, 6.07) is 10.1. The van der Waals surface area contributed by atoms with Crippen LogP contribution in [0.3, 0.4) is 0 Å². The lowest BCUT2D eigenvalue weighted by Gasteiger charge is -2.23. The van der Waals surface area contributed by atoms with Crippen LogP contribution < -0.4 is 5.32 Å². The Bertz CT molecular complexity index is 942. The SMILES string of the molecule is O=C(N[C@@H]1c2cc(N=CN3CCCCC3)ccc2C[C@H]1O)c1ccc(Cl)c(Cl)c1. The normalized spacial score (nSPS) is 21.4. The van der Waals surface area contributed by atoms with E-state index in [4.69, 9.17) is 23.2 Å². The first-order chi connectivity index (χ1) is 14.0. The van der Waals surface area contributed by atoms with Gasteiger partial charge in [-0.1, -0.05) is 29.3 Å². The maximum atomic E-state index is 12.7. The van der Waals surface area contributed by atoms with E-state index in [0.29, 0.717) is 22.0 Å². The number of nitrogens with zero attached hydrogens (tertiary/aromatic N) is 2. The van der Waals surface area contributed by atoms with E-state index in [9.17, 15) is 9.90 Å². The first-order valence-electron chi connectivity index (χ1n) is 9.86. The van der Waals surface area contributed by atoms with Gasteiger partial charge in [0.05, 0.1) is 34.2 Å². The van der Waals surface area contributed by atoms with Gasteiger partial charge in [-0.05, 0) is 60.7 Å². The van der Waals surface area contributed by atoms with Crippen molar-refractivity contribution >= 4 is 41.1 Å². The van der Waals surface area contributed by atoms with E-state index in [-0.39, 0.29) is 5.91 Å². The number of hydrogen-bond acceptors (Lipinski definition) is 3. The second-order valence-electron chi connectivity index (χ2n) is 7.58. The van der Waals surface area contributed by atoms with E-state index in [2.05, 4.69) is 15.2 Å². The summed E-state index contributed by atoms with van der Waals surface area (Å²) >= 11 is 12.0. The highest BCUT2D eigenvalue weighted by Gasteiger charge is 2.32. The molecule has 0 unspecified atom stereocenters. The maximum Gasteiger partial charge on any atom is 0.251 e. The Morgan fingerprint density at radius 3 is 2.66 bits per heavy atom. The molecule has 0 bridgehead atoms. The average Bonchev–Trinajstić information content (AvgIpc) is 3.04. The fraction of sp³-hybridized carbons (Fsp3) is 0.364. The molecule has 1 aliphatic heterocycles. The average molecular weight is 432 g/mol. The molecule has 0 spiro atoms. The number of rotatable bonds is 4. The summed E-state index contributed by atoms with van der Waals surface area (Å²) in [7, 11) is 0. The number of likely N-dealkylation sites (tertiary alicyclic amines) is 1. The number of carbonyl (C=O) groups excluding carboxylic acids is 1. The highest BCUT2D eigenvalue weighted by molar-refractivity contribution is 6.42. The number of amides is 1. The number of piperidine rings is 1. The van der Waals surface area contributed by atoms with Gasteiger partial charge in [0.15, 0.2) is 0 Å². The molecule has 7 heteroatoms. The smallest absolute Gasteiger partial charge is 0.251 e. The summed E-state index contributed by atoms with van der Waals surface area (Å²) in [5, 5.41) is 14.2. The number of aliphatic imine (C=N–C) groups is 1. The van der Waals surface area contributed by atoms with Crippen LogP contribution in [0, 0.1) is 0 Å². The van der Waals surface area contributed by atoms with Crippen molar-refractivity contribution in [3.05, 3.63) is 63.1 Å². The Balaban J connectivity index is 1.51. The van der Waals surface area contributed by atoms with E-state index in [0.717, 1.165) is 29.9 Å². The van der Waals surface area contributed by atoms with Gasteiger partial charge >= 0.3 is 0 Å². The molecule has 0 radical (unpaired) electrons. The minimum absolute atomic E-state index is 0.303. The zero-order valence-electron chi connectivity index (χ0n) is 15.9. The van der Waals surface area contributed by atoms with Crippen molar-refractivity contribution in [3.8, 4) is 0 Å². The summed E-state index contributed by atoms with van der Waals surface area (Å²) in [6.07, 6.45) is 5.39. The Labute approximate surface area is 180 Å². The van der Waals surface area contributed by atoms with Crippen molar-refractivity contribution in [1.82, 2.24) is 10.2 Å². The molecular weight excluding hydrogens is 409 g/mol. The van der Waals surface area contributed by atoms with Crippen molar-refractivity contribution in [2.75, 3.05) is 13.1 Å². The molecule has 2 atom stereocenters. The molecule has 4 rings (SSSR count). The molecule has 1 saturated heterocycles. The van der Waals surface area contributed by atoms with Crippen LogP contribution in [0.4, 0.5) is 5.69 Å². The van der Waals surface area contributed by atoms with Crippen LogP contribution in [0.25, 0.3) is 0 Å². The van der Waals surface area contributed by atoms with Gasteiger partial charge < -0.3 is 15.3 Å². The minimum Gasteiger partial charge on any atom is -0.390 e. The van der Waals surface area contributed by atoms with Gasteiger partial charge in [-0.25, -0.2) is 4.99 Å². The van der Waals surface area contributed by atoms with Crippen molar-refractivity contribution in [2.45, 2.75) is 37.8 Å². The predicted octanol–water partition coefficient (Wildman–Crippen LogP) is 4.53. The molecule has 0 aromatic heterocycles. The molecular formula is C22H23Cl2N3O2. The monoisotopic (exact) mass is 431 g/mol. The Morgan fingerprint density at radius 2 is 1.90 bits per heavy atom. The van der Waals surface area contributed by atoms with Crippen molar-refractivity contribution in [3.63, 3.8) is 0 Å². The zero-order chi connectivity index (χ0) is 20.4. The first kappa shape index (κ1) is 20.2. The van der Waals surface area contributed by atoms with Gasteiger partial charge in [0.25, 0.3) is 5.91 Å². The molecule has 2 aliphatic rings. The predicted molar refractivity (Wildman–Crippen MR) is 116 cm³/mol. The van der Waals surface area contributed by atoms with Crippen molar-refractivity contribution in [2.24, 2.45) is 4.99 Å². The number of fused-ring (bicyclic) bond motifs is 1. The molecule has 1 fully saturated rings. The maximum absolute atomic E-state index is 12.7. The Morgan fingerprint density at radius 1 is 1.10 bits per heavy atom. The first-order valence-corrected chi connectivity index (χ1v) is 10.6. The number of benzene rings is 2. The fourth-order valence-electron chi connectivity index (χ4n) is 3.91. The van der Waals surface area contributed by atoms with Crippen LogP contribution in [0.2, 0.25) is 10.0 Å². The quantitative estimate of drug-likeness (QED) is 0.551. The number of halogens is 2. The summed E-state index contributed by atoms with van der Waals surface area (Å²) in [5.41, 5.74) is 3.14. The van der Waals surface area contributed by atoms with Gasteiger partial charge in [0, 0.05) is 25.1 Å². The third kappa shape index (κ3) is 4.58. The lowest BCUT2D eigenvalue weighted by atomic mass is 10.1. The molecule has 1 heterocycles. The number of carbonyl (C=O) groups is 1. The van der Waals surface area contributed by atoms with Crippen molar-refractivity contribution in [1.29, 1.82) is 0 Å². The van der Waals surface area contributed by atoms with Crippen LogP contribution in [0.5, 0.6) is 0 Å². The van der Waals surface area contributed by atoms with Crippen LogP contribution >= 0.6 is 23.2 Å². The highest BCUT2D eigenvalue weighted by atomic mass is 35.5. The summed E-state index contributed by atoms with van der Waals surface area (Å²) in [4.78, 5) is 19.5. The molecule has 2 aromatic rings. The molecule has 0 saturated carbocycles. The third-order valence-corrected chi connectivity index (χ3v) is 6.25. The summed E-state index contributed by atoms with van der Waals surface area (Å²) in [6.45, 7) is 2.07. The van der Waals surface area contributed by atoms with Crippen molar-refractivity contribution < 1.29 is 9.90 Å². The van der Waals surface area contributed by atoms with Gasteiger partial charge in [0.2, 0.25) is 0 Å². The lowest BCUT2D eigenvalue weighted by Crippen LogP contribution is -2.33. The number of aliphatic hydroxyl groups excluding tert-OH is 1. The van der Waals surface area contributed by atoms with Crippen LogP contribution in [0.1, 0.15) is 46.8 Å². The lowest BCUT2D eigenvalue weighted by molar-refractivity contribution is 0.0858. The molecule has 1 aliphatic carbocycles. The summed E-state index contributed by atoms with van der Waals surface area (Å²) < 4.78 is 0. The van der Waals surface area contributed by atoms with Crippen LogP contribution in [0.15, 0.2) is 41.4 Å². The molecule has 1 amide bonds.